The maximum absolute atomic E-state index is 13.3. The lowest BCUT2D eigenvalue weighted by atomic mass is 10.2. The molecule has 158 valence electrons. The predicted octanol–water partition coefficient (Wildman–Crippen LogP) is 3.38. The van der Waals surface area contributed by atoms with Gasteiger partial charge in [0.15, 0.2) is 0 Å². The number of benzene rings is 2. The molecule has 0 unspecified atom stereocenters. The van der Waals surface area contributed by atoms with Gasteiger partial charge < -0.3 is 9.64 Å². The molecule has 29 heavy (non-hydrogen) atoms. The van der Waals surface area contributed by atoms with Crippen molar-refractivity contribution in [3.63, 3.8) is 0 Å². The van der Waals surface area contributed by atoms with Crippen molar-refractivity contribution in [2.75, 3.05) is 38.2 Å². The third-order valence-electron chi connectivity index (χ3n) is 4.73. The van der Waals surface area contributed by atoms with Gasteiger partial charge in [-0.15, -0.1) is 0 Å². The summed E-state index contributed by atoms with van der Waals surface area (Å²) in [5.74, 6) is -0.0997. The molecule has 0 radical (unpaired) electrons. The molecule has 0 aromatic heterocycles. The first kappa shape index (κ1) is 22.9. The van der Waals surface area contributed by atoms with Crippen LogP contribution in [0.3, 0.4) is 0 Å². The van der Waals surface area contributed by atoms with E-state index in [1.165, 1.54) is 4.31 Å². The van der Waals surface area contributed by atoms with Crippen LogP contribution in [0.2, 0.25) is 0 Å². The zero-order chi connectivity index (χ0) is 21.4. The summed E-state index contributed by atoms with van der Waals surface area (Å²) < 4.78 is 32.9. The molecule has 2 rings (SSSR count). The first-order valence-electron chi connectivity index (χ1n) is 9.64. The molecule has 0 saturated heterocycles. The van der Waals surface area contributed by atoms with Crippen LogP contribution in [0.5, 0.6) is 0 Å². The quantitative estimate of drug-likeness (QED) is 0.555. The number of amides is 1. The Balaban J connectivity index is 2.23. The lowest BCUT2D eigenvalue weighted by molar-refractivity contribution is -0.129. The standard InChI is InChI=1S/C22H30N2O4S/c1-18-6-10-20(11-7-18)24(16-14-22(25)23(3)15-5-17-28-4)29(26,27)21-12-8-19(2)9-13-21/h6-13H,5,14-17H2,1-4H3. The Kier molecular flexibility index (Phi) is 8.22. The number of hydrogen-bond donors (Lipinski definition) is 0. The van der Waals surface area contributed by atoms with Gasteiger partial charge in [-0.05, 0) is 44.5 Å². The Bertz CT molecular complexity index is 893. The number of rotatable bonds is 10. The van der Waals surface area contributed by atoms with Crippen molar-refractivity contribution in [3.05, 3.63) is 59.7 Å². The molecule has 0 saturated carbocycles. The van der Waals surface area contributed by atoms with E-state index in [1.54, 1.807) is 55.5 Å². The summed E-state index contributed by atoms with van der Waals surface area (Å²) in [6, 6.07) is 14.0. The van der Waals surface area contributed by atoms with Gasteiger partial charge in [-0.1, -0.05) is 35.4 Å². The van der Waals surface area contributed by atoms with Crippen LogP contribution in [-0.4, -0.2) is 53.1 Å². The monoisotopic (exact) mass is 418 g/mol. The first-order chi connectivity index (χ1) is 13.8. The van der Waals surface area contributed by atoms with Crippen LogP contribution in [0.15, 0.2) is 53.4 Å². The molecule has 0 spiro atoms. The van der Waals surface area contributed by atoms with Gasteiger partial charge in [0.1, 0.15) is 0 Å². The summed E-state index contributed by atoms with van der Waals surface area (Å²) in [5, 5.41) is 0. The summed E-state index contributed by atoms with van der Waals surface area (Å²) >= 11 is 0. The molecule has 2 aromatic rings. The maximum Gasteiger partial charge on any atom is 0.264 e. The molecule has 0 aliphatic heterocycles. The van der Waals surface area contributed by atoms with Crippen LogP contribution < -0.4 is 4.31 Å². The van der Waals surface area contributed by atoms with E-state index in [1.807, 2.05) is 26.0 Å². The Hall–Kier alpha value is -2.38. The van der Waals surface area contributed by atoms with Crippen molar-refractivity contribution in [1.29, 1.82) is 0 Å². The lowest BCUT2D eigenvalue weighted by Gasteiger charge is -2.26. The van der Waals surface area contributed by atoms with E-state index in [4.69, 9.17) is 4.74 Å². The third-order valence-corrected chi connectivity index (χ3v) is 6.57. The van der Waals surface area contributed by atoms with Crippen LogP contribution >= 0.6 is 0 Å². The number of carbonyl (C=O) groups excluding carboxylic acids is 1. The summed E-state index contributed by atoms with van der Waals surface area (Å²) in [6.07, 6.45) is 0.838. The van der Waals surface area contributed by atoms with E-state index in [9.17, 15) is 13.2 Å². The third kappa shape index (κ3) is 6.30. The van der Waals surface area contributed by atoms with Gasteiger partial charge in [-0.2, -0.15) is 0 Å². The van der Waals surface area contributed by atoms with Gasteiger partial charge >= 0.3 is 0 Å². The summed E-state index contributed by atoms with van der Waals surface area (Å²) in [4.78, 5) is 14.3. The molecule has 2 aromatic carbocycles. The highest BCUT2D eigenvalue weighted by molar-refractivity contribution is 7.92. The van der Waals surface area contributed by atoms with Crippen molar-refractivity contribution in [1.82, 2.24) is 4.90 Å². The molecule has 0 atom stereocenters. The Morgan fingerprint density at radius 3 is 2.03 bits per heavy atom. The van der Waals surface area contributed by atoms with E-state index in [-0.39, 0.29) is 23.8 Å². The minimum absolute atomic E-state index is 0.0761. The highest BCUT2D eigenvalue weighted by Crippen LogP contribution is 2.25. The SMILES string of the molecule is COCCCN(C)C(=O)CCN(c1ccc(C)cc1)S(=O)(=O)c1ccc(C)cc1. The van der Waals surface area contributed by atoms with E-state index < -0.39 is 10.0 Å². The number of sulfonamides is 1. The van der Waals surface area contributed by atoms with Crippen molar-refractivity contribution < 1.29 is 17.9 Å². The number of methoxy groups -OCH3 is 1. The van der Waals surface area contributed by atoms with Gasteiger partial charge in [0.05, 0.1) is 10.6 Å². The van der Waals surface area contributed by atoms with E-state index >= 15 is 0 Å². The zero-order valence-corrected chi connectivity index (χ0v) is 18.4. The van der Waals surface area contributed by atoms with E-state index in [2.05, 4.69) is 0 Å². The number of aryl methyl sites for hydroxylation is 2. The average Bonchev–Trinajstić information content (AvgIpc) is 2.69. The second kappa shape index (κ2) is 10.4. The van der Waals surface area contributed by atoms with E-state index in [0.29, 0.717) is 18.8 Å². The fourth-order valence-corrected chi connectivity index (χ4v) is 4.36. The molecule has 0 aliphatic rings. The predicted molar refractivity (Wildman–Crippen MR) is 116 cm³/mol. The maximum atomic E-state index is 13.3. The number of ether oxygens (including phenoxy) is 1. The highest BCUT2D eigenvalue weighted by atomic mass is 32.2. The van der Waals surface area contributed by atoms with Crippen LogP contribution in [0.4, 0.5) is 5.69 Å². The van der Waals surface area contributed by atoms with Crippen molar-refractivity contribution in [3.8, 4) is 0 Å². The topological polar surface area (TPSA) is 66.9 Å². The molecule has 6 nitrogen and oxygen atoms in total. The number of anilines is 1. The fourth-order valence-electron chi connectivity index (χ4n) is 2.90. The molecule has 1 amide bonds. The number of carbonyl (C=O) groups is 1. The summed E-state index contributed by atoms with van der Waals surface area (Å²) in [7, 11) is -0.436. The molecule has 0 N–H and O–H groups in total. The highest BCUT2D eigenvalue weighted by Gasteiger charge is 2.26. The average molecular weight is 419 g/mol. The van der Waals surface area contributed by atoms with Gasteiger partial charge in [-0.3, -0.25) is 9.10 Å². The fraction of sp³-hybridized carbons (Fsp3) is 0.409. The Labute approximate surface area is 174 Å². The van der Waals surface area contributed by atoms with Crippen molar-refractivity contribution >= 4 is 21.6 Å². The summed E-state index contributed by atoms with van der Waals surface area (Å²) in [6.45, 7) is 5.08. The van der Waals surface area contributed by atoms with Crippen LogP contribution in [-0.2, 0) is 19.6 Å². The van der Waals surface area contributed by atoms with Crippen LogP contribution in [0, 0.1) is 13.8 Å². The largest absolute Gasteiger partial charge is 0.385 e. The zero-order valence-electron chi connectivity index (χ0n) is 17.6. The molecule has 0 aliphatic carbocycles. The smallest absolute Gasteiger partial charge is 0.264 e. The molecule has 0 fully saturated rings. The molecule has 0 heterocycles. The second-order valence-corrected chi connectivity index (χ2v) is 9.00. The van der Waals surface area contributed by atoms with Gasteiger partial charge in [0, 0.05) is 40.3 Å². The second-order valence-electron chi connectivity index (χ2n) is 7.14. The minimum Gasteiger partial charge on any atom is -0.385 e. The molecular formula is C22H30N2O4S. The van der Waals surface area contributed by atoms with Crippen LogP contribution in [0.25, 0.3) is 0 Å². The minimum atomic E-state index is -3.78. The first-order valence-corrected chi connectivity index (χ1v) is 11.1. The lowest BCUT2D eigenvalue weighted by Crippen LogP contribution is -2.36. The number of hydrogen-bond acceptors (Lipinski definition) is 4. The summed E-state index contributed by atoms with van der Waals surface area (Å²) in [5.41, 5.74) is 2.57. The van der Waals surface area contributed by atoms with E-state index in [0.717, 1.165) is 17.5 Å². The molecule has 7 heteroatoms. The molecule has 0 bridgehead atoms. The van der Waals surface area contributed by atoms with Gasteiger partial charge in [-0.25, -0.2) is 8.42 Å². The van der Waals surface area contributed by atoms with Crippen LogP contribution in [0.1, 0.15) is 24.0 Å². The Morgan fingerprint density at radius 1 is 0.931 bits per heavy atom. The van der Waals surface area contributed by atoms with Gasteiger partial charge in [0.25, 0.3) is 10.0 Å². The van der Waals surface area contributed by atoms with Crippen molar-refractivity contribution in [2.24, 2.45) is 0 Å². The number of nitrogens with zero attached hydrogens (tertiary/aromatic N) is 2. The van der Waals surface area contributed by atoms with Crippen molar-refractivity contribution in [2.45, 2.75) is 31.6 Å². The Morgan fingerprint density at radius 2 is 1.48 bits per heavy atom. The normalized spacial score (nSPS) is 11.3. The van der Waals surface area contributed by atoms with Gasteiger partial charge in [0.2, 0.25) is 5.91 Å². The molecular weight excluding hydrogens is 388 g/mol.